The first kappa shape index (κ1) is 18.3. The van der Waals surface area contributed by atoms with Gasteiger partial charge in [-0.2, -0.15) is 0 Å². The second-order valence-electron chi connectivity index (χ2n) is 4.38. The van der Waals surface area contributed by atoms with Crippen LogP contribution in [0, 0.1) is 3.57 Å². The monoisotopic (exact) mass is 480 g/mol. The fourth-order valence-electron chi connectivity index (χ4n) is 1.73. The van der Waals surface area contributed by atoms with Gasteiger partial charge in [-0.05, 0) is 71.2 Å². The van der Waals surface area contributed by atoms with Crippen molar-refractivity contribution in [2.75, 3.05) is 12.4 Å². The Hall–Kier alpha value is -1.09. The first-order valence-corrected chi connectivity index (χ1v) is 8.56. The molecule has 1 amide bonds. The number of anilines is 1. The first-order chi connectivity index (χ1) is 10.9. The standard InChI is InChI=1S/C15H11Cl2IN2O2S/c1-22-13-5-2-8(6-11(13)18)14(21)20-15(23)19-12-4-3-9(16)7-10(12)17/h2-7H,1H3,(H2,19,20,21,23). The summed E-state index contributed by atoms with van der Waals surface area (Å²) in [6, 6.07) is 10.0. The van der Waals surface area contributed by atoms with Crippen LogP contribution in [0.2, 0.25) is 10.0 Å². The van der Waals surface area contributed by atoms with Crippen molar-refractivity contribution in [1.82, 2.24) is 5.32 Å². The van der Waals surface area contributed by atoms with E-state index in [9.17, 15) is 4.79 Å². The first-order valence-electron chi connectivity index (χ1n) is 6.31. The van der Waals surface area contributed by atoms with Crippen molar-refractivity contribution in [2.45, 2.75) is 0 Å². The quantitative estimate of drug-likeness (QED) is 0.492. The van der Waals surface area contributed by atoms with Crippen LogP contribution in [0.5, 0.6) is 5.75 Å². The van der Waals surface area contributed by atoms with Crippen LogP contribution in [0.15, 0.2) is 36.4 Å². The molecule has 0 saturated carbocycles. The molecule has 0 aliphatic carbocycles. The predicted octanol–water partition coefficient (Wildman–Crippen LogP) is 4.73. The Morgan fingerprint density at radius 1 is 1.22 bits per heavy atom. The minimum absolute atomic E-state index is 0.144. The molecule has 0 saturated heterocycles. The van der Waals surface area contributed by atoms with Gasteiger partial charge in [0.05, 0.1) is 21.4 Å². The Morgan fingerprint density at radius 3 is 2.57 bits per heavy atom. The summed E-state index contributed by atoms with van der Waals surface area (Å²) in [6.45, 7) is 0. The molecule has 2 rings (SSSR count). The molecule has 0 unspecified atom stereocenters. The number of nitrogens with one attached hydrogen (secondary N) is 2. The Labute approximate surface area is 162 Å². The van der Waals surface area contributed by atoms with Gasteiger partial charge in [0.25, 0.3) is 5.91 Å². The Morgan fingerprint density at radius 2 is 1.96 bits per heavy atom. The van der Waals surface area contributed by atoms with Crippen molar-refractivity contribution in [3.63, 3.8) is 0 Å². The molecule has 0 radical (unpaired) electrons. The number of benzene rings is 2. The Bertz CT molecular complexity index is 771. The fourth-order valence-corrected chi connectivity index (χ4v) is 3.12. The zero-order chi connectivity index (χ0) is 17.0. The summed E-state index contributed by atoms with van der Waals surface area (Å²) in [5.74, 6) is 0.379. The number of halogens is 3. The summed E-state index contributed by atoms with van der Waals surface area (Å²) in [7, 11) is 1.58. The van der Waals surface area contributed by atoms with Gasteiger partial charge in [0, 0.05) is 10.6 Å². The highest BCUT2D eigenvalue weighted by atomic mass is 127. The van der Waals surface area contributed by atoms with Gasteiger partial charge in [0.2, 0.25) is 0 Å². The van der Waals surface area contributed by atoms with Gasteiger partial charge in [-0.3, -0.25) is 10.1 Å². The summed E-state index contributed by atoms with van der Waals surface area (Å²) in [6.07, 6.45) is 0. The molecule has 23 heavy (non-hydrogen) atoms. The molecule has 0 atom stereocenters. The van der Waals surface area contributed by atoms with Gasteiger partial charge in [-0.15, -0.1) is 0 Å². The predicted molar refractivity (Wildman–Crippen MR) is 106 cm³/mol. The highest BCUT2D eigenvalue weighted by Crippen LogP contribution is 2.25. The third-order valence-corrected chi connectivity index (χ3v) is 4.42. The second-order valence-corrected chi connectivity index (χ2v) is 6.80. The number of ether oxygens (including phenoxy) is 1. The summed E-state index contributed by atoms with van der Waals surface area (Å²) >= 11 is 19.1. The molecule has 2 aromatic carbocycles. The Balaban J connectivity index is 2.05. The maximum Gasteiger partial charge on any atom is 0.257 e. The van der Waals surface area contributed by atoms with Gasteiger partial charge in [-0.25, -0.2) is 0 Å². The van der Waals surface area contributed by atoms with E-state index >= 15 is 0 Å². The van der Waals surface area contributed by atoms with Crippen molar-refractivity contribution in [1.29, 1.82) is 0 Å². The SMILES string of the molecule is COc1ccc(C(=O)NC(=S)Nc2ccc(Cl)cc2Cl)cc1I. The van der Waals surface area contributed by atoms with E-state index < -0.39 is 0 Å². The molecule has 2 N–H and O–H groups in total. The molecule has 0 bridgehead atoms. The topological polar surface area (TPSA) is 50.4 Å². The van der Waals surface area contributed by atoms with Gasteiger partial charge >= 0.3 is 0 Å². The van der Waals surface area contributed by atoms with E-state index in [1.807, 2.05) is 0 Å². The third-order valence-electron chi connectivity index (χ3n) is 2.82. The van der Waals surface area contributed by atoms with E-state index in [1.54, 1.807) is 43.5 Å². The molecule has 120 valence electrons. The number of thiocarbonyl (C=S) groups is 1. The van der Waals surface area contributed by atoms with Gasteiger partial charge in [0.1, 0.15) is 5.75 Å². The third kappa shape index (κ3) is 4.94. The number of methoxy groups -OCH3 is 1. The molecule has 0 aromatic heterocycles. The van der Waals surface area contributed by atoms with Crippen LogP contribution in [0.25, 0.3) is 0 Å². The molecule has 0 aliphatic heterocycles. The summed E-state index contributed by atoms with van der Waals surface area (Å²) < 4.78 is 5.99. The number of rotatable bonds is 3. The average Bonchev–Trinajstić information content (AvgIpc) is 2.50. The van der Waals surface area contributed by atoms with E-state index in [-0.39, 0.29) is 11.0 Å². The number of hydrogen-bond donors (Lipinski definition) is 2. The summed E-state index contributed by atoms with van der Waals surface area (Å²) in [4.78, 5) is 12.2. The average molecular weight is 481 g/mol. The maximum absolute atomic E-state index is 12.2. The molecule has 0 fully saturated rings. The zero-order valence-electron chi connectivity index (χ0n) is 11.8. The van der Waals surface area contributed by atoms with E-state index in [1.165, 1.54) is 0 Å². The van der Waals surface area contributed by atoms with Crippen molar-refractivity contribution >= 4 is 74.7 Å². The number of carbonyl (C=O) groups is 1. The van der Waals surface area contributed by atoms with Crippen LogP contribution >= 0.6 is 58.0 Å². The minimum Gasteiger partial charge on any atom is -0.496 e. The molecule has 0 aliphatic rings. The maximum atomic E-state index is 12.2. The van der Waals surface area contributed by atoms with Gasteiger partial charge < -0.3 is 10.1 Å². The molecule has 4 nitrogen and oxygen atoms in total. The number of amides is 1. The lowest BCUT2D eigenvalue weighted by atomic mass is 10.2. The second kappa shape index (κ2) is 8.14. The van der Waals surface area contributed by atoms with Crippen molar-refractivity contribution in [3.8, 4) is 5.75 Å². The lowest BCUT2D eigenvalue weighted by Crippen LogP contribution is -2.34. The van der Waals surface area contributed by atoms with Crippen LogP contribution < -0.4 is 15.4 Å². The molecule has 0 heterocycles. The van der Waals surface area contributed by atoms with E-state index in [0.717, 1.165) is 3.57 Å². The molecular formula is C15H11Cl2IN2O2S. The summed E-state index contributed by atoms with van der Waals surface area (Å²) in [5.41, 5.74) is 1.03. The Kier molecular flexibility index (Phi) is 6.46. The highest BCUT2D eigenvalue weighted by Gasteiger charge is 2.11. The normalized spacial score (nSPS) is 10.1. The fraction of sp³-hybridized carbons (Fsp3) is 0.0667. The van der Waals surface area contributed by atoms with Crippen molar-refractivity contribution in [3.05, 3.63) is 55.6 Å². The van der Waals surface area contributed by atoms with E-state index in [4.69, 9.17) is 40.2 Å². The van der Waals surface area contributed by atoms with Crippen LogP contribution in [-0.2, 0) is 0 Å². The molecule has 2 aromatic rings. The van der Waals surface area contributed by atoms with Crippen LogP contribution in [-0.4, -0.2) is 18.1 Å². The highest BCUT2D eigenvalue weighted by molar-refractivity contribution is 14.1. The molecule has 0 spiro atoms. The van der Waals surface area contributed by atoms with Gasteiger partial charge in [-0.1, -0.05) is 23.2 Å². The molecule has 8 heteroatoms. The minimum atomic E-state index is -0.326. The molecular weight excluding hydrogens is 470 g/mol. The number of hydrogen-bond acceptors (Lipinski definition) is 3. The zero-order valence-corrected chi connectivity index (χ0v) is 16.3. The van der Waals surface area contributed by atoms with E-state index in [2.05, 4.69) is 33.2 Å². The van der Waals surface area contributed by atoms with Crippen molar-refractivity contribution in [2.24, 2.45) is 0 Å². The van der Waals surface area contributed by atoms with Crippen LogP contribution in [0.3, 0.4) is 0 Å². The smallest absolute Gasteiger partial charge is 0.257 e. The lowest BCUT2D eigenvalue weighted by Gasteiger charge is -2.11. The van der Waals surface area contributed by atoms with Crippen LogP contribution in [0.4, 0.5) is 5.69 Å². The van der Waals surface area contributed by atoms with Gasteiger partial charge in [0.15, 0.2) is 5.11 Å². The van der Waals surface area contributed by atoms with Crippen LogP contribution in [0.1, 0.15) is 10.4 Å². The van der Waals surface area contributed by atoms with E-state index in [0.29, 0.717) is 27.0 Å². The van der Waals surface area contributed by atoms with Crippen molar-refractivity contribution < 1.29 is 9.53 Å². The summed E-state index contributed by atoms with van der Waals surface area (Å²) in [5, 5.41) is 6.53. The largest absolute Gasteiger partial charge is 0.496 e. The lowest BCUT2D eigenvalue weighted by molar-refractivity contribution is 0.0977. The number of carbonyl (C=O) groups excluding carboxylic acids is 1.